The lowest BCUT2D eigenvalue weighted by Crippen LogP contribution is -2.20. The molecule has 0 saturated heterocycles. The van der Waals surface area contributed by atoms with E-state index in [9.17, 15) is 4.79 Å². The predicted octanol–water partition coefficient (Wildman–Crippen LogP) is 2.72. The van der Waals surface area contributed by atoms with Crippen molar-refractivity contribution in [1.29, 1.82) is 0 Å². The molecule has 0 unspecified atom stereocenters. The Labute approximate surface area is 104 Å². The molecule has 0 amide bonds. The third-order valence-corrected chi connectivity index (χ3v) is 3.40. The lowest BCUT2D eigenvalue weighted by atomic mass is 9.97. The van der Waals surface area contributed by atoms with Gasteiger partial charge in [0.1, 0.15) is 5.78 Å². The molecule has 0 aliphatic heterocycles. The Morgan fingerprint density at radius 3 is 2.47 bits per heavy atom. The van der Waals surface area contributed by atoms with Gasteiger partial charge in [-0.15, -0.1) is 0 Å². The molecule has 94 valence electrons. The highest BCUT2D eigenvalue weighted by molar-refractivity contribution is 5.75. The maximum Gasteiger partial charge on any atom is 0.131 e. The summed E-state index contributed by atoms with van der Waals surface area (Å²) >= 11 is 0. The standard InChI is InChI=1S/C15H23NO/c1-11-5-6-15(14(4)13(11)3)8-10-16-9-7-12(2)17/h5-6,16H,7-10H2,1-4H3. The van der Waals surface area contributed by atoms with E-state index in [1.807, 2.05) is 0 Å². The number of hydrogen-bond acceptors (Lipinski definition) is 2. The number of rotatable bonds is 6. The monoisotopic (exact) mass is 233 g/mol. The van der Waals surface area contributed by atoms with E-state index < -0.39 is 0 Å². The van der Waals surface area contributed by atoms with Crippen LogP contribution in [-0.2, 0) is 11.2 Å². The largest absolute Gasteiger partial charge is 0.316 e. The number of Topliss-reactive ketones (excluding diaryl/α,β-unsaturated/α-hetero) is 1. The van der Waals surface area contributed by atoms with E-state index in [1.165, 1.54) is 22.3 Å². The van der Waals surface area contributed by atoms with Gasteiger partial charge in [0.25, 0.3) is 0 Å². The molecule has 17 heavy (non-hydrogen) atoms. The molecule has 0 aromatic heterocycles. The summed E-state index contributed by atoms with van der Waals surface area (Å²) in [4.78, 5) is 10.8. The van der Waals surface area contributed by atoms with Crippen LogP contribution in [0.5, 0.6) is 0 Å². The Balaban J connectivity index is 2.42. The van der Waals surface area contributed by atoms with Crippen molar-refractivity contribution in [2.45, 2.75) is 40.5 Å². The molecule has 2 heteroatoms. The van der Waals surface area contributed by atoms with E-state index in [0.717, 1.165) is 19.5 Å². The third kappa shape index (κ3) is 4.31. The highest BCUT2D eigenvalue weighted by Crippen LogP contribution is 2.17. The fourth-order valence-electron chi connectivity index (χ4n) is 1.90. The molecular formula is C15H23NO. The Kier molecular flexibility index (Phi) is 5.36. The van der Waals surface area contributed by atoms with Crippen LogP contribution in [0.25, 0.3) is 0 Å². The highest BCUT2D eigenvalue weighted by Gasteiger charge is 2.03. The summed E-state index contributed by atoms with van der Waals surface area (Å²) < 4.78 is 0. The summed E-state index contributed by atoms with van der Waals surface area (Å²) in [6.45, 7) is 9.88. The molecule has 0 fully saturated rings. The molecule has 0 heterocycles. The average molecular weight is 233 g/mol. The minimum atomic E-state index is 0.250. The number of aryl methyl sites for hydroxylation is 1. The van der Waals surface area contributed by atoms with E-state index in [-0.39, 0.29) is 5.78 Å². The van der Waals surface area contributed by atoms with Crippen molar-refractivity contribution in [3.05, 3.63) is 34.4 Å². The van der Waals surface area contributed by atoms with Gasteiger partial charge >= 0.3 is 0 Å². The first kappa shape index (κ1) is 13.9. The van der Waals surface area contributed by atoms with Crippen molar-refractivity contribution < 1.29 is 4.79 Å². The molecule has 0 aliphatic carbocycles. The maximum absolute atomic E-state index is 10.8. The van der Waals surface area contributed by atoms with Crippen LogP contribution >= 0.6 is 0 Å². The molecule has 1 N–H and O–H groups in total. The summed E-state index contributed by atoms with van der Waals surface area (Å²) in [6, 6.07) is 4.40. The van der Waals surface area contributed by atoms with Crippen LogP contribution in [-0.4, -0.2) is 18.9 Å². The first-order chi connectivity index (χ1) is 8.02. The normalized spacial score (nSPS) is 10.6. The maximum atomic E-state index is 10.8. The van der Waals surface area contributed by atoms with Crippen LogP contribution in [0.1, 0.15) is 35.6 Å². The van der Waals surface area contributed by atoms with E-state index in [2.05, 4.69) is 38.2 Å². The molecule has 0 bridgehead atoms. The molecule has 0 spiro atoms. The van der Waals surface area contributed by atoms with E-state index in [0.29, 0.717) is 6.42 Å². The quantitative estimate of drug-likeness (QED) is 0.765. The molecule has 0 saturated carbocycles. The second-order valence-corrected chi connectivity index (χ2v) is 4.74. The minimum absolute atomic E-state index is 0.250. The van der Waals surface area contributed by atoms with Gasteiger partial charge in [-0.25, -0.2) is 0 Å². The van der Waals surface area contributed by atoms with Gasteiger partial charge < -0.3 is 5.32 Å². The summed E-state index contributed by atoms with van der Waals surface area (Å²) in [5.74, 6) is 0.250. The smallest absolute Gasteiger partial charge is 0.131 e. The van der Waals surface area contributed by atoms with Gasteiger partial charge in [0.15, 0.2) is 0 Å². The zero-order chi connectivity index (χ0) is 12.8. The van der Waals surface area contributed by atoms with E-state index in [1.54, 1.807) is 6.92 Å². The minimum Gasteiger partial charge on any atom is -0.316 e. The highest BCUT2D eigenvalue weighted by atomic mass is 16.1. The van der Waals surface area contributed by atoms with Gasteiger partial charge in [0.2, 0.25) is 0 Å². The summed E-state index contributed by atoms with van der Waals surface area (Å²) in [7, 11) is 0. The van der Waals surface area contributed by atoms with Gasteiger partial charge in [-0.3, -0.25) is 4.79 Å². The number of ketones is 1. The molecular weight excluding hydrogens is 210 g/mol. The summed E-state index contributed by atoms with van der Waals surface area (Å²) in [5, 5.41) is 3.31. The Hall–Kier alpha value is -1.15. The van der Waals surface area contributed by atoms with Crippen molar-refractivity contribution in [2.75, 3.05) is 13.1 Å². The summed E-state index contributed by atoms with van der Waals surface area (Å²) in [5.41, 5.74) is 5.56. The van der Waals surface area contributed by atoms with Gasteiger partial charge in [-0.2, -0.15) is 0 Å². The predicted molar refractivity (Wildman–Crippen MR) is 72.5 cm³/mol. The molecule has 1 aromatic carbocycles. The summed E-state index contributed by atoms with van der Waals surface area (Å²) in [6.07, 6.45) is 1.66. The van der Waals surface area contributed by atoms with Crippen LogP contribution in [0, 0.1) is 20.8 Å². The van der Waals surface area contributed by atoms with Crippen molar-refractivity contribution in [1.82, 2.24) is 5.32 Å². The van der Waals surface area contributed by atoms with Crippen molar-refractivity contribution in [3.8, 4) is 0 Å². The topological polar surface area (TPSA) is 29.1 Å². The van der Waals surface area contributed by atoms with Crippen LogP contribution in [0.15, 0.2) is 12.1 Å². The molecule has 0 radical (unpaired) electrons. The number of benzene rings is 1. The second kappa shape index (κ2) is 6.55. The Morgan fingerprint density at radius 2 is 1.82 bits per heavy atom. The average Bonchev–Trinajstić information content (AvgIpc) is 2.28. The van der Waals surface area contributed by atoms with Gasteiger partial charge in [0, 0.05) is 13.0 Å². The second-order valence-electron chi connectivity index (χ2n) is 4.74. The van der Waals surface area contributed by atoms with Crippen molar-refractivity contribution in [3.63, 3.8) is 0 Å². The van der Waals surface area contributed by atoms with Crippen LogP contribution in [0.3, 0.4) is 0 Å². The lowest BCUT2D eigenvalue weighted by Gasteiger charge is -2.11. The van der Waals surface area contributed by atoms with Crippen LogP contribution in [0.2, 0.25) is 0 Å². The number of carbonyl (C=O) groups is 1. The fourth-order valence-corrected chi connectivity index (χ4v) is 1.90. The van der Waals surface area contributed by atoms with E-state index >= 15 is 0 Å². The fraction of sp³-hybridized carbons (Fsp3) is 0.533. The van der Waals surface area contributed by atoms with Crippen LogP contribution < -0.4 is 5.32 Å². The lowest BCUT2D eigenvalue weighted by molar-refractivity contribution is -0.116. The molecule has 1 rings (SSSR count). The number of nitrogens with one attached hydrogen (secondary N) is 1. The van der Waals surface area contributed by atoms with Gasteiger partial charge in [-0.1, -0.05) is 12.1 Å². The number of carbonyl (C=O) groups excluding carboxylic acids is 1. The molecule has 1 aromatic rings. The molecule has 0 atom stereocenters. The SMILES string of the molecule is CC(=O)CCNCCc1ccc(C)c(C)c1C. The van der Waals surface area contributed by atoms with E-state index in [4.69, 9.17) is 0 Å². The molecule has 0 aliphatic rings. The number of hydrogen-bond donors (Lipinski definition) is 1. The first-order valence-electron chi connectivity index (χ1n) is 6.28. The molecule has 2 nitrogen and oxygen atoms in total. The van der Waals surface area contributed by atoms with Gasteiger partial charge in [-0.05, 0) is 62.9 Å². The van der Waals surface area contributed by atoms with Crippen molar-refractivity contribution in [2.24, 2.45) is 0 Å². The van der Waals surface area contributed by atoms with Crippen LogP contribution in [0.4, 0.5) is 0 Å². The Morgan fingerprint density at radius 1 is 1.12 bits per heavy atom. The van der Waals surface area contributed by atoms with Crippen molar-refractivity contribution >= 4 is 5.78 Å². The first-order valence-corrected chi connectivity index (χ1v) is 6.28. The third-order valence-electron chi connectivity index (χ3n) is 3.40. The van der Waals surface area contributed by atoms with Gasteiger partial charge in [0.05, 0.1) is 0 Å². The zero-order valence-corrected chi connectivity index (χ0v) is 11.4. The zero-order valence-electron chi connectivity index (χ0n) is 11.4. The Bertz CT molecular complexity index is 396.